The molecule has 0 saturated heterocycles. The van der Waals surface area contributed by atoms with Crippen molar-refractivity contribution in [3.63, 3.8) is 0 Å². The van der Waals surface area contributed by atoms with E-state index in [1.54, 1.807) is 0 Å². The van der Waals surface area contributed by atoms with E-state index in [2.05, 4.69) is 29.7 Å². The number of para-hydroxylation sites is 2. The summed E-state index contributed by atoms with van der Waals surface area (Å²) in [6, 6.07) is 15.8. The van der Waals surface area contributed by atoms with Gasteiger partial charge in [-0.1, -0.05) is 19.1 Å². The van der Waals surface area contributed by atoms with Crippen molar-refractivity contribution in [3.8, 4) is 5.75 Å². The van der Waals surface area contributed by atoms with E-state index in [0.29, 0.717) is 6.61 Å². The van der Waals surface area contributed by atoms with Gasteiger partial charge in [-0.25, -0.2) is 4.98 Å². The van der Waals surface area contributed by atoms with Crippen LogP contribution in [0.1, 0.15) is 19.2 Å². The number of fused-ring (bicyclic) bond motifs is 1. The number of hydrogen-bond acceptors (Lipinski definition) is 3. The molecule has 0 aliphatic heterocycles. The minimum atomic E-state index is 0.612. The maximum Gasteiger partial charge on any atom is 0.119 e. The van der Waals surface area contributed by atoms with Crippen LogP contribution in [-0.4, -0.2) is 16.2 Å². The van der Waals surface area contributed by atoms with Crippen LogP contribution in [0.2, 0.25) is 0 Å². The first-order valence-corrected chi connectivity index (χ1v) is 7.70. The highest BCUT2D eigenvalue weighted by Gasteiger charge is 2.09. The van der Waals surface area contributed by atoms with Gasteiger partial charge in [-0.2, -0.15) is 0 Å². The summed E-state index contributed by atoms with van der Waals surface area (Å²) in [4.78, 5) is 4.73. The van der Waals surface area contributed by atoms with Gasteiger partial charge in [0.05, 0.1) is 17.6 Å². The van der Waals surface area contributed by atoms with Gasteiger partial charge in [0.1, 0.15) is 18.2 Å². The maximum atomic E-state index is 5.81. The molecule has 0 saturated carbocycles. The van der Waals surface area contributed by atoms with Crippen LogP contribution < -0.4 is 10.5 Å². The minimum Gasteiger partial charge on any atom is -0.492 e. The Morgan fingerprint density at radius 1 is 1.09 bits per heavy atom. The fraction of sp³-hybridized carbons (Fsp3) is 0.278. The lowest BCUT2D eigenvalue weighted by molar-refractivity contribution is 0.298. The summed E-state index contributed by atoms with van der Waals surface area (Å²) in [5, 5.41) is 0. The third-order valence-corrected chi connectivity index (χ3v) is 3.67. The van der Waals surface area contributed by atoms with Crippen LogP contribution >= 0.6 is 0 Å². The van der Waals surface area contributed by atoms with Crippen LogP contribution in [0.5, 0.6) is 5.75 Å². The van der Waals surface area contributed by atoms with E-state index in [4.69, 9.17) is 15.5 Å². The van der Waals surface area contributed by atoms with Crippen LogP contribution in [0.25, 0.3) is 11.0 Å². The van der Waals surface area contributed by atoms with Gasteiger partial charge >= 0.3 is 0 Å². The van der Waals surface area contributed by atoms with E-state index < -0.39 is 0 Å². The monoisotopic (exact) mass is 295 g/mol. The fourth-order valence-electron chi connectivity index (χ4n) is 2.61. The number of aryl methyl sites for hydroxylation is 1. The zero-order valence-corrected chi connectivity index (χ0v) is 12.8. The summed E-state index contributed by atoms with van der Waals surface area (Å²) in [7, 11) is 0. The van der Waals surface area contributed by atoms with Crippen molar-refractivity contribution >= 4 is 16.7 Å². The smallest absolute Gasteiger partial charge is 0.119 e. The van der Waals surface area contributed by atoms with E-state index in [1.807, 2.05) is 30.3 Å². The predicted octanol–water partition coefficient (Wildman–Crippen LogP) is 3.65. The second kappa shape index (κ2) is 6.52. The summed E-state index contributed by atoms with van der Waals surface area (Å²) in [6.45, 7) is 3.58. The lowest BCUT2D eigenvalue weighted by Crippen LogP contribution is -2.11. The summed E-state index contributed by atoms with van der Waals surface area (Å²) in [6.07, 6.45) is 2.07. The molecule has 0 atom stereocenters. The van der Waals surface area contributed by atoms with Crippen LogP contribution in [0.3, 0.4) is 0 Å². The first kappa shape index (κ1) is 14.4. The normalized spacial score (nSPS) is 11.0. The molecule has 4 heteroatoms. The largest absolute Gasteiger partial charge is 0.492 e. The number of ether oxygens (including phenoxy) is 1. The quantitative estimate of drug-likeness (QED) is 0.706. The number of benzene rings is 2. The zero-order chi connectivity index (χ0) is 15.4. The number of anilines is 1. The van der Waals surface area contributed by atoms with E-state index in [1.165, 1.54) is 5.52 Å². The van der Waals surface area contributed by atoms with E-state index in [0.717, 1.165) is 42.2 Å². The Bertz CT molecular complexity index is 747. The van der Waals surface area contributed by atoms with Gasteiger partial charge in [0.15, 0.2) is 0 Å². The van der Waals surface area contributed by atoms with Gasteiger partial charge in [0, 0.05) is 12.1 Å². The lowest BCUT2D eigenvalue weighted by atomic mass is 10.3. The van der Waals surface area contributed by atoms with Gasteiger partial charge in [0.25, 0.3) is 0 Å². The highest BCUT2D eigenvalue weighted by atomic mass is 16.5. The molecule has 3 aromatic rings. The van der Waals surface area contributed by atoms with Crippen molar-refractivity contribution in [1.29, 1.82) is 0 Å². The standard InChI is InChI=1S/C18H21N3O/c1-2-5-18-20-16-6-3-4-7-17(16)21(18)12-13-22-15-10-8-14(19)9-11-15/h3-4,6-11H,2,5,12-13,19H2,1H3. The molecule has 22 heavy (non-hydrogen) atoms. The van der Waals surface area contributed by atoms with E-state index in [-0.39, 0.29) is 0 Å². The molecular formula is C18H21N3O. The third-order valence-electron chi connectivity index (χ3n) is 3.67. The molecule has 0 bridgehead atoms. The lowest BCUT2D eigenvalue weighted by Gasteiger charge is -2.10. The Labute approximate surface area is 130 Å². The molecule has 3 rings (SSSR count). The first-order valence-electron chi connectivity index (χ1n) is 7.70. The molecule has 2 N–H and O–H groups in total. The number of nitrogens with two attached hydrogens (primary N) is 1. The molecule has 114 valence electrons. The van der Waals surface area contributed by atoms with E-state index >= 15 is 0 Å². The van der Waals surface area contributed by atoms with Crippen molar-refractivity contribution in [2.75, 3.05) is 12.3 Å². The SMILES string of the molecule is CCCc1nc2ccccc2n1CCOc1ccc(N)cc1. The number of aromatic nitrogens is 2. The Hall–Kier alpha value is -2.49. The highest BCUT2D eigenvalue weighted by Crippen LogP contribution is 2.18. The summed E-state index contributed by atoms with van der Waals surface area (Å²) in [5.74, 6) is 1.97. The van der Waals surface area contributed by atoms with Crippen molar-refractivity contribution in [2.45, 2.75) is 26.3 Å². The predicted molar refractivity (Wildman–Crippen MR) is 90.1 cm³/mol. The highest BCUT2D eigenvalue weighted by molar-refractivity contribution is 5.75. The molecule has 1 aromatic heterocycles. The molecule has 0 unspecified atom stereocenters. The maximum absolute atomic E-state index is 5.81. The molecular weight excluding hydrogens is 274 g/mol. The Kier molecular flexibility index (Phi) is 4.28. The van der Waals surface area contributed by atoms with Crippen molar-refractivity contribution in [2.24, 2.45) is 0 Å². The average Bonchev–Trinajstić information content (AvgIpc) is 2.88. The number of nitrogens with zero attached hydrogens (tertiary/aromatic N) is 2. The van der Waals surface area contributed by atoms with Crippen molar-refractivity contribution in [3.05, 3.63) is 54.4 Å². The second-order valence-corrected chi connectivity index (χ2v) is 5.34. The van der Waals surface area contributed by atoms with Gasteiger partial charge in [-0.15, -0.1) is 0 Å². The fourth-order valence-corrected chi connectivity index (χ4v) is 2.61. The first-order chi connectivity index (χ1) is 10.8. The Morgan fingerprint density at radius 3 is 2.64 bits per heavy atom. The number of rotatable bonds is 6. The van der Waals surface area contributed by atoms with Crippen molar-refractivity contribution < 1.29 is 4.74 Å². The summed E-state index contributed by atoms with van der Waals surface area (Å²) in [5.41, 5.74) is 8.66. The molecule has 0 aliphatic rings. The van der Waals surface area contributed by atoms with Crippen LogP contribution in [-0.2, 0) is 13.0 Å². The number of nitrogen functional groups attached to an aromatic ring is 1. The van der Waals surface area contributed by atoms with Gasteiger partial charge in [-0.05, 0) is 42.8 Å². The molecule has 4 nitrogen and oxygen atoms in total. The molecule has 0 radical (unpaired) electrons. The van der Waals surface area contributed by atoms with Gasteiger partial charge in [-0.3, -0.25) is 0 Å². The van der Waals surface area contributed by atoms with Crippen LogP contribution in [0.15, 0.2) is 48.5 Å². The third kappa shape index (κ3) is 3.06. The van der Waals surface area contributed by atoms with Crippen molar-refractivity contribution in [1.82, 2.24) is 9.55 Å². The molecule has 0 amide bonds. The van der Waals surface area contributed by atoms with Crippen LogP contribution in [0, 0.1) is 0 Å². The summed E-state index contributed by atoms with van der Waals surface area (Å²) < 4.78 is 8.07. The minimum absolute atomic E-state index is 0.612. The number of hydrogen-bond donors (Lipinski definition) is 1. The second-order valence-electron chi connectivity index (χ2n) is 5.34. The molecule has 2 aromatic carbocycles. The molecule has 0 aliphatic carbocycles. The molecule has 1 heterocycles. The van der Waals surface area contributed by atoms with E-state index in [9.17, 15) is 0 Å². The van der Waals surface area contributed by atoms with Crippen LogP contribution in [0.4, 0.5) is 5.69 Å². The van der Waals surface area contributed by atoms with Gasteiger partial charge in [0.2, 0.25) is 0 Å². The van der Waals surface area contributed by atoms with Gasteiger partial charge < -0.3 is 15.0 Å². The Balaban J connectivity index is 1.74. The average molecular weight is 295 g/mol. The summed E-state index contributed by atoms with van der Waals surface area (Å²) >= 11 is 0. The zero-order valence-electron chi connectivity index (χ0n) is 12.8. The Morgan fingerprint density at radius 2 is 1.86 bits per heavy atom. The molecule has 0 fully saturated rings. The topological polar surface area (TPSA) is 53.1 Å². The molecule has 0 spiro atoms. The number of imidazole rings is 1.